The van der Waals surface area contributed by atoms with Crippen LogP contribution in [-0.4, -0.2) is 11.1 Å². The topological polar surface area (TPSA) is 61.3 Å². The Balaban J connectivity index is 1.64. The second kappa shape index (κ2) is 5.44. The predicted octanol–water partition coefficient (Wildman–Crippen LogP) is 3.75. The molecular weight excluding hydrogens is 252 g/mol. The molecule has 0 radical (unpaired) electrons. The number of benzene rings is 1. The third-order valence-corrected chi connectivity index (χ3v) is 4.49. The summed E-state index contributed by atoms with van der Waals surface area (Å²) >= 11 is 0. The molecule has 3 rings (SSSR count). The number of aromatic nitrogens is 1. The van der Waals surface area contributed by atoms with E-state index in [2.05, 4.69) is 18.8 Å². The summed E-state index contributed by atoms with van der Waals surface area (Å²) < 4.78 is 11.6. The van der Waals surface area contributed by atoms with Gasteiger partial charge in [-0.2, -0.15) is 0 Å². The van der Waals surface area contributed by atoms with Crippen LogP contribution in [0.1, 0.15) is 39.0 Å². The van der Waals surface area contributed by atoms with Gasteiger partial charge in [-0.3, -0.25) is 0 Å². The molecule has 1 aliphatic carbocycles. The summed E-state index contributed by atoms with van der Waals surface area (Å²) in [7, 11) is 0. The van der Waals surface area contributed by atoms with Crippen LogP contribution < -0.4 is 5.73 Å². The third-order valence-electron chi connectivity index (χ3n) is 4.49. The highest BCUT2D eigenvalue weighted by Gasteiger charge is 2.25. The normalized spacial score (nSPS) is 27.0. The number of nitrogens with zero attached hydrogens (tertiary/aromatic N) is 1. The fraction of sp³-hybridized carbons (Fsp3) is 0.562. The Morgan fingerprint density at radius 2 is 2.15 bits per heavy atom. The van der Waals surface area contributed by atoms with Gasteiger partial charge in [-0.1, -0.05) is 19.9 Å². The fourth-order valence-corrected chi connectivity index (χ4v) is 2.92. The van der Waals surface area contributed by atoms with Gasteiger partial charge < -0.3 is 14.9 Å². The lowest BCUT2D eigenvalue weighted by atomic mass is 9.80. The minimum atomic E-state index is 0.327. The number of hydrogen-bond donors (Lipinski definition) is 1. The Labute approximate surface area is 119 Å². The molecule has 2 N–H and O–H groups in total. The minimum absolute atomic E-state index is 0.327. The average molecular weight is 274 g/mol. The van der Waals surface area contributed by atoms with Gasteiger partial charge in [0.1, 0.15) is 12.1 Å². The molecule has 3 atom stereocenters. The summed E-state index contributed by atoms with van der Waals surface area (Å²) in [5.41, 5.74) is 7.99. The zero-order chi connectivity index (χ0) is 14.1. The van der Waals surface area contributed by atoms with E-state index in [1.54, 1.807) is 0 Å². The van der Waals surface area contributed by atoms with Crippen LogP contribution >= 0.6 is 0 Å². The highest BCUT2D eigenvalue weighted by Crippen LogP contribution is 2.31. The van der Waals surface area contributed by atoms with Crippen LogP contribution in [0.3, 0.4) is 0 Å². The first kappa shape index (κ1) is 13.4. The molecule has 0 amide bonds. The van der Waals surface area contributed by atoms with Crippen LogP contribution in [-0.2, 0) is 11.3 Å². The van der Waals surface area contributed by atoms with Crippen LogP contribution in [0.4, 0.5) is 5.69 Å². The van der Waals surface area contributed by atoms with E-state index in [1.807, 2.05) is 18.2 Å². The van der Waals surface area contributed by atoms with Crippen molar-refractivity contribution < 1.29 is 9.15 Å². The van der Waals surface area contributed by atoms with E-state index < -0.39 is 0 Å². The van der Waals surface area contributed by atoms with Crippen molar-refractivity contribution in [2.45, 2.75) is 45.8 Å². The lowest BCUT2D eigenvalue weighted by molar-refractivity contribution is -0.0152. The van der Waals surface area contributed by atoms with E-state index in [1.165, 1.54) is 6.42 Å². The highest BCUT2D eigenvalue weighted by molar-refractivity contribution is 5.85. The van der Waals surface area contributed by atoms with E-state index in [0.29, 0.717) is 24.3 Å². The Bertz CT molecular complexity index is 593. The monoisotopic (exact) mass is 274 g/mol. The first-order valence-electron chi connectivity index (χ1n) is 7.39. The smallest absolute Gasteiger partial charge is 0.221 e. The zero-order valence-corrected chi connectivity index (χ0v) is 12.1. The Hall–Kier alpha value is -1.55. The number of fused-ring (bicyclic) bond motifs is 1. The molecule has 0 saturated heterocycles. The van der Waals surface area contributed by atoms with Gasteiger partial charge in [0.15, 0.2) is 5.58 Å². The molecule has 1 aliphatic rings. The van der Waals surface area contributed by atoms with Gasteiger partial charge in [0.25, 0.3) is 0 Å². The van der Waals surface area contributed by atoms with Gasteiger partial charge in [0, 0.05) is 0 Å². The Morgan fingerprint density at radius 1 is 1.30 bits per heavy atom. The first-order chi connectivity index (χ1) is 9.63. The molecule has 4 nitrogen and oxygen atoms in total. The first-order valence-corrected chi connectivity index (χ1v) is 7.39. The number of rotatable bonds is 3. The second-order valence-corrected chi connectivity index (χ2v) is 6.00. The van der Waals surface area contributed by atoms with Crippen LogP contribution in [0, 0.1) is 11.8 Å². The zero-order valence-electron chi connectivity index (χ0n) is 12.1. The maximum atomic E-state index is 5.96. The molecule has 1 aromatic carbocycles. The number of anilines is 1. The van der Waals surface area contributed by atoms with Gasteiger partial charge in [-0.15, -0.1) is 0 Å². The van der Waals surface area contributed by atoms with Gasteiger partial charge >= 0.3 is 0 Å². The summed E-state index contributed by atoms with van der Waals surface area (Å²) in [6, 6.07) is 5.59. The summed E-state index contributed by atoms with van der Waals surface area (Å²) in [4.78, 5) is 4.41. The number of nitrogens with two attached hydrogens (primary N) is 1. The molecule has 0 bridgehead atoms. The molecular formula is C16H22N2O2. The van der Waals surface area contributed by atoms with E-state index in [4.69, 9.17) is 14.9 Å². The predicted molar refractivity (Wildman–Crippen MR) is 79.2 cm³/mol. The molecule has 2 aromatic rings. The summed E-state index contributed by atoms with van der Waals surface area (Å²) in [5.74, 6) is 2.15. The molecule has 0 spiro atoms. The fourth-order valence-electron chi connectivity index (χ4n) is 2.92. The van der Waals surface area contributed by atoms with Gasteiger partial charge in [0.05, 0.1) is 11.8 Å². The maximum absolute atomic E-state index is 5.96. The van der Waals surface area contributed by atoms with Crippen molar-refractivity contribution in [3.8, 4) is 0 Å². The minimum Gasteiger partial charge on any atom is -0.438 e. The molecule has 1 heterocycles. The molecule has 4 heteroatoms. The Kier molecular flexibility index (Phi) is 3.66. The summed E-state index contributed by atoms with van der Waals surface area (Å²) in [6.07, 6.45) is 3.83. The van der Waals surface area contributed by atoms with Crippen molar-refractivity contribution in [3.05, 3.63) is 24.1 Å². The molecule has 1 aromatic heterocycles. The van der Waals surface area contributed by atoms with E-state index >= 15 is 0 Å². The molecule has 1 saturated carbocycles. The van der Waals surface area contributed by atoms with Gasteiger partial charge in [-0.25, -0.2) is 4.98 Å². The van der Waals surface area contributed by atoms with Crippen LogP contribution in [0.5, 0.6) is 0 Å². The summed E-state index contributed by atoms with van der Waals surface area (Å²) in [5, 5.41) is 0. The maximum Gasteiger partial charge on any atom is 0.221 e. The second-order valence-electron chi connectivity index (χ2n) is 6.00. The van der Waals surface area contributed by atoms with Crippen molar-refractivity contribution in [3.63, 3.8) is 0 Å². The number of para-hydroxylation sites is 1. The van der Waals surface area contributed by atoms with Crippen LogP contribution in [0.2, 0.25) is 0 Å². The molecule has 1 fully saturated rings. The van der Waals surface area contributed by atoms with Crippen molar-refractivity contribution >= 4 is 16.8 Å². The number of nitrogen functional groups attached to an aromatic ring is 1. The number of oxazole rings is 1. The highest BCUT2D eigenvalue weighted by atomic mass is 16.5. The lowest BCUT2D eigenvalue weighted by Crippen LogP contribution is -2.26. The molecule has 3 unspecified atom stereocenters. The molecule has 0 aliphatic heterocycles. The quantitative estimate of drug-likeness (QED) is 0.866. The van der Waals surface area contributed by atoms with Crippen molar-refractivity contribution in [1.29, 1.82) is 0 Å². The summed E-state index contributed by atoms with van der Waals surface area (Å²) in [6.45, 7) is 5.06. The van der Waals surface area contributed by atoms with Crippen LogP contribution in [0.15, 0.2) is 22.6 Å². The van der Waals surface area contributed by atoms with E-state index in [-0.39, 0.29) is 0 Å². The van der Waals surface area contributed by atoms with Crippen molar-refractivity contribution in [2.24, 2.45) is 11.8 Å². The molecule has 20 heavy (non-hydrogen) atoms. The SMILES string of the molecule is CC1CCC(OCc2nc3c(N)cccc3o2)CC1C. The molecule has 108 valence electrons. The van der Waals surface area contributed by atoms with E-state index in [9.17, 15) is 0 Å². The van der Waals surface area contributed by atoms with Gasteiger partial charge in [0.2, 0.25) is 5.89 Å². The van der Waals surface area contributed by atoms with Crippen molar-refractivity contribution in [1.82, 2.24) is 4.98 Å². The van der Waals surface area contributed by atoms with Crippen molar-refractivity contribution in [2.75, 3.05) is 5.73 Å². The Morgan fingerprint density at radius 3 is 2.90 bits per heavy atom. The lowest BCUT2D eigenvalue weighted by Gasteiger charge is -2.31. The average Bonchev–Trinajstić information content (AvgIpc) is 2.85. The largest absolute Gasteiger partial charge is 0.438 e. The number of ether oxygens (including phenoxy) is 1. The number of hydrogen-bond acceptors (Lipinski definition) is 4. The van der Waals surface area contributed by atoms with Gasteiger partial charge in [-0.05, 0) is 43.2 Å². The van der Waals surface area contributed by atoms with E-state index in [0.717, 1.165) is 35.8 Å². The van der Waals surface area contributed by atoms with Crippen LogP contribution in [0.25, 0.3) is 11.1 Å². The third kappa shape index (κ3) is 2.66. The standard InChI is InChI=1S/C16H22N2O2/c1-10-6-7-12(8-11(10)2)19-9-15-18-16-13(17)4-3-5-14(16)20-15/h3-5,10-12H,6-9,17H2,1-2H3.